The van der Waals surface area contributed by atoms with Gasteiger partial charge in [-0.2, -0.15) is 5.10 Å². The zero-order valence-corrected chi connectivity index (χ0v) is 20.1. The van der Waals surface area contributed by atoms with E-state index in [0.717, 1.165) is 32.1 Å². The van der Waals surface area contributed by atoms with Crippen LogP contribution in [-0.2, 0) is 20.8 Å². The van der Waals surface area contributed by atoms with Crippen molar-refractivity contribution in [3.05, 3.63) is 58.0 Å². The summed E-state index contributed by atoms with van der Waals surface area (Å²) in [6.07, 6.45) is 6.76. The number of esters is 1. The molecule has 1 fully saturated rings. The summed E-state index contributed by atoms with van der Waals surface area (Å²) in [5.41, 5.74) is 0.226. The number of carbonyl (C=O) groups excluding carboxylic acids is 2. The number of rotatable bonds is 8. The van der Waals surface area contributed by atoms with Gasteiger partial charge in [-0.15, -0.1) is 11.3 Å². The fourth-order valence-electron chi connectivity index (χ4n) is 3.82. The van der Waals surface area contributed by atoms with Crippen molar-refractivity contribution in [1.82, 2.24) is 14.8 Å². The van der Waals surface area contributed by atoms with Gasteiger partial charge in [0.25, 0.3) is 5.56 Å². The van der Waals surface area contributed by atoms with E-state index in [1.165, 1.54) is 22.2 Å². The number of hydrogen-bond donors (Lipinski definition) is 1. The fraction of sp³-hybridized carbons (Fsp3) is 0.375. The van der Waals surface area contributed by atoms with Gasteiger partial charge in [0.1, 0.15) is 23.0 Å². The Morgan fingerprint density at radius 2 is 2.00 bits per heavy atom. The SMILES string of the molecule is CCn1nc(-c2cccs2)c(C(=O)OCOC(=O)OC2CCCCC2)c(Nc2cccnc2)c1=O. The van der Waals surface area contributed by atoms with Gasteiger partial charge < -0.3 is 19.5 Å². The molecule has 0 bridgehead atoms. The zero-order chi connectivity index (χ0) is 24.6. The number of carbonyl (C=O) groups is 2. The third kappa shape index (κ3) is 6.04. The summed E-state index contributed by atoms with van der Waals surface area (Å²) in [6.45, 7) is 1.42. The van der Waals surface area contributed by atoms with E-state index in [0.29, 0.717) is 17.1 Å². The van der Waals surface area contributed by atoms with E-state index in [2.05, 4.69) is 15.4 Å². The number of aryl methyl sites for hydroxylation is 1. The second-order valence-electron chi connectivity index (χ2n) is 7.89. The van der Waals surface area contributed by atoms with E-state index in [1.807, 2.05) is 11.4 Å². The molecule has 0 radical (unpaired) electrons. The Morgan fingerprint density at radius 3 is 2.69 bits per heavy atom. The molecule has 0 unspecified atom stereocenters. The van der Waals surface area contributed by atoms with E-state index in [1.54, 1.807) is 31.3 Å². The highest BCUT2D eigenvalue weighted by Crippen LogP contribution is 2.30. The molecule has 35 heavy (non-hydrogen) atoms. The first-order valence-electron chi connectivity index (χ1n) is 11.4. The Labute approximate surface area is 205 Å². The summed E-state index contributed by atoms with van der Waals surface area (Å²) in [6, 6.07) is 7.02. The van der Waals surface area contributed by atoms with E-state index < -0.39 is 24.5 Å². The summed E-state index contributed by atoms with van der Waals surface area (Å²) >= 11 is 1.36. The van der Waals surface area contributed by atoms with Gasteiger partial charge in [-0.3, -0.25) is 9.78 Å². The molecule has 0 amide bonds. The predicted octanol–water partition coefficient (Wildman–Crippen LogP) is 4.73. The third-order valence-electron chi connectivity index (χ3n) is 5.53. The van der Waals surface area contributed by atoms with Crippen LogP contribution in [-0.4, -0.2) is 39.8 Å². The molecule has 0 spiro atoms. The van der Waals surface area contributed by atoms with E-state index in [9.17, 15) is 14.4 Å². The van der Waals surface area contributed by atoms with Gasteiger partial charge in [0.15, 0.2) is 0 Å². The summed E-state index contributed by atoms with van der Waals surface area (Å²) in [7, 11) is 0. The van der Waals surface area contributed by atoms with Crippen molar-refractivity contribution in [3.8, 4) is 10.6 Å². The molecule has 0 saturated heterocycles. The van der Waals surface area contributed by atoms with Crippen LogP contribution in [0.4, 0.5) is 16.2 Å². The summed E-state index contributed by atoms with van der Waals surface area (Å²) in [5, 5.41) is 9.23. The van der Waals surface area contributed by atoms with Gasteiger partial charge in [0, 0.05) is 12.7 Å². The van der Waals surface area contributed by atoms with Gasteiger partial charge in [0.05, 0.1) is 16.8 Å². The number of nitrogens with zero attached hydrogens (tertiary/aromatic N) is 3. The fourth-order valence-corrected chi connectivity index (χ4v) is 4.54. The lowest BCUT2D eigenvalue weighted by Gasteiger charge is -2.21. The van der Waals surface area contributed by atoms with Crippen LogP contribution in [0.15, 0.2) is 46.8 Å². The minimum absolute atomic E-state index is 0.00645. The first kappa shape index (κ1) is 24.4. The normalized spacial score (nSPS) is 13.7. The van der Waals surface area contributed by atoms with Crippen LogP contribution < -0.4 is 10.9 Å². The minimum Gasteiger partial charge on any atom is -0.431 e. The van der Waals surface area contributed by atoms with Gasteiger partial charge in [-0.05, 0) is 56.2 Å². The van der Waals surface area contributed by atoms with Crippen LogP contribution in [0.2, 0.25) is 0 Å². The number of pyridine rings is 1. The topological polar surface area (TPSA) is 122 Å². The Kier molecular flexibility index (Phi) is 8.09. The Hall–Kier alpha value is -3.73. The minimum atomic E-state index is -0.892. The highest BCUT2D eigenvalue weighted by molar-refractivity contribution is 7.13. The second-order valence-corrected chi connectivity index (χ2v) is 8.83. The van der Waals surface area contributed by atoms with E-state index in [-0.39, 0.29) is 23.0 Å². The summed E-state index contributed by atoms with van der Waals surface area (Å²) < 4.78 is 16.7. The monoisotopic (exact) mass is 498 g/mol. The average Bonchev–Trinajstić information content (AvgIpc) is 3.41. The van der Waals surface area contributed by atoms with Crippen molar-refractivity contribution in [3.63, 3.8) is 0 Å². The molecule has 184 valence electrons. The first-order chi connectivity index (χ1) is 17.1. The van der Waals surface area contributed by atoms with Crippen LogP contribution in [0, 0.1) is 0 Å². The van der Waals surface area contributed by atoms with Crippen molar-refractivity contribution < 1.29 is 23.8 Å². The maximum Gasteiger partial charge on any atom is 0.511 e. The molecule has 1 aliphatic carbocycles. The number of ether oxygens (including phenoxy) is 3. The molecular formula is C24H26N4O6S. The molecule has 3 aromatic rings. The molecule has 4 rings (SSSR count). The lowest BCUT2D eigenvalue weighted by atomic mass is 9.98. The van der Waals surface area contributed by atoms with E-state index in [4.69, 9.17) is 14.2 Å². The molecule has 11 heteroatoms. The largest absolute Gasteiger partial charge is 0.511 e. The molecule has 3 aromatic heterocycles. The average molecular weight is 499 g/mol. The van der Waals surface area contributed by atoms with Gasteiger partial charge >= 0.3 is 12.1 Å². The van der Waals surface area contributed by atoms with Crippen LogP contribution in [0.1, 0.15) is 49.4 Å². The van der Waals surface area contributed by atoms with Crippen molar-refractivity contribution >= 4 is 34.8 Å². The molecule has 1 N–H and O–H groups in total. The highest BCUT2D eigenvalue weighted by Gasteiger charge is 2.27. The Bertz CT molecular complexity index is 1210. The Morgan fingerprint density at radius 1 is 1.17 bits per heavy atom. The van der Waals surface area contributed by atoms with Crippen LogP contribution in [0.5, 0.6) is 0 Å². The van der Waals surface area contributed by atoms with Crippen molar-refractivity contribution in [2.45, 2.75) is 51.7 Å². The number of aromatic nitrogens is 3. The lowest BCUT2D eigenvalue weighted by Crippen LogP contribution is -2.29. The molecule has 10 nitrogen and oxygen atoms in total. The maximum atomic E-state index is 13.2. The van der Waals surface area contributed by atoms with Gasteiger partial charge in [-0.1, -0.05) is 12.5 Å². The van der Waals surface area contributed by atoms with Crippen LogP contribution in [0.25, 0.3) is 10.6 Å². The summed E-state index contributed by atoms with van der Waals surface area (Å²) in [5.74, 6) is -0.863. The predicted molar refractivity (Wildman–Crippen MR) is 130 cm³/mol. The molecule has 0 aliphatic heterocycles. The number of nitrogens with one attached hydrogen (secondary N) is 1. The van der Waals surface area contributed by atoms with Gasteiger partial charge in [-0.25, -0.2) is 14.3 Å². The third-order valence-corrected chi connectivity index (χ3v) is 6.40. The van der Waals surface area contributed by atoms with Crippen LogP contribution in [0.3, 0.4) is 0 Å². The number of thiophene rings is 1. The van der Waals surface area contributed by atoms with Crippen LogP contribution >= 0.6 is 11.3 Å². The molecule has 0 aromatic carbocycles. The lowest BCUT2D eigenvalue weighted by molar-refractivity contribution is -0.0429. The smallest absolute Gasteiger partial charge is 0.431 e. The molecular weight excluding hydrogens is 472 g/mol. The number of anilines is 2. The first-order valence-corrected chi connectivity index (χ1v) is 12.3. The quantitative estimate of drug-likeness (QED) is 0.347. The van der Waals surface area contributed by atoms with Crippen molar-refractivity contribution in [2.75, 3.05) is 12.1 Å². The molecule has 1 aliphatic rings. The molecule has 0 atom stereocenters. The van der Waals surface area contributed by atoms with Gasteiger partial charge in [0.2, 0.25) is 6.79 Å². The zero-order valence-electron chi connectivity index (χ0n) is 19.3. The van der Waals surface area contributed by atoms with Crippen molar-refractivity contribution in [1.29, 1.82) is 0 Å². The highest BCUT2D eigenvalue weighted by atomic mass is 32.1. The molecule has 3 heterocycles. The Balaban J connectivity index is 1.58. The van der Waals surface area contributed by atoms with E-state index >= 15 is 0 Å². The van der Waals surface area contributed by atoms with Crippen molar-refractivity contribution in [2.24, 2.45) is 0 Å². The molecule has 1 saturated carbocycles. The number of hydrogen-bond acceptors (Lipinski definition) is 10. The second kappa shape index (κ2) is 11.6. The maximum absolute atomic E-state index is 13.2. The standard InChI is InChI=1S/C24H26N4O6S/c1-2-28-22(29)21(26-16-8-6-12-25-14-16)19(20(27-28)18-11-7-13-35-18)23(30)32-15-33-24(31)34-17-9-4-3-5-10-17/h6-8,11-14,17,26H,2-5,9-10,15H2,1H3. The summed E-state index contributed by atoms with van der Waals surface area (Å²) in [4.78, 5) is 43.1.